The summed E-state index contributed by atoms with van der Waals surface area (Å²) in [5.41, 5.74) is 2.23. The Balaban J connectivity index is 2.24. The fourth-order valence-corrected chi connectivity index (χ4v) is 2.29. The van der Waals surface area contributed by atoms with Crippen molar-refractivity contribution in [2.24, 2.45) is 0 Å². The number of hydrogen-bond donors (Lipinski definition) is 0. The highest BCUT2D eigenvalue weighted by atomic mass is 35.5. The molecule has 0 aliphatic carbocycles. The molecule has 5 heteroatoms. The van der Waals surface area contributed by atoms with E-state index in [0.29, 0.717) is 13.1 Å². The number of carbonyl (C=O) groups excluding carboxylic acids is 1. The molecule has 2 rings (SSSR count). The summed E-state index contributed by atoms with van der Waals surface area (Å²) < 4.78 is 13.3. The maximum absolute atomic E-state index is 13.3. The molecule has 21 heavy (non-hydrogen) atoms. The molecule has 1 heterocycles. The van der Waals surface area contributed by atoms with Crippen molar-refractivity contribution >= 4 is 17.5 Å². The summed E-state index contributed by atoms with van der Waals surface area (Å²) in [6.07, 6.45) is 0.996. The number of carbonyl (C=O) groups is 1. The van der Waals surface area contributed by atoms with Crippen molar-refractivity contribution in [3.63, 3.8) is 0 Å². The second-order valence-corrected chi connectivity index (χ2v) is 5.16. The highest BCUT2D eigenvalue weighted by Crippen LogP contribution is 2.18. The van der Waals surface area contributed by atoms with Crippen LogP contribution in [0.4, 0.5) is 4.39 Å². The van der Waals surface area contributed by atoms with E-state index in [1.807, 2.05) is 38.1 Å². The van der Waals surface area contributed by atoms with Gasteiger partial charge in [0.2, 0.25) is 0 Å². The van der Waals surface area contributed by atoms with Gasteiger partial charge in [0.05, 0.1) is 11.8 Å². The molecular formula is C16H16ClFN2O. The lowest BCUT2D eigenvalue weighted by Crippen LogP contribution is -2.30. The molecule has 0 aliphatic heterocycles. The predicted molar refractivity (Wildman–Crippen MR) is 80.8 cm³/mol. The van der Waals surface area contributed by atoms with Gasteiger partial charge in [-0.2, -0.15) is 0 Å². The number of nitrogens with zero attached hydrogens (tertiary/aromatic N) is 2. The standard InChI is InChI=1S/C16H16ClFN2O/c1-3-20(10-12-6-4-5-11(2)7-12)16(21)14-8-13(18)9-19-15(14)17/h4-9H,3,10H2,1-2H3. The molecule has 0 unspecified atom stereocenters. The number of pyridine rings is 1. The summed E-state index contributed by atoms with van der Waals surface area (Å²) >= 11 is 5.90. The molecule has 0 radical (unpaired) electrons. The summed E-state index contributed by atoms with van der Waals surface area (Å²) in [5, 5.41) is 0.0177. The van der Waals surface area contributed by atoms with Gasteiger partial charge >= 0.3 is 0 Å². The average molecular weight is 307 g/mol. The van der Waals surface area contributed by atoms with Gasteiger partial charge in [-0.3, -0.25) is 4.79 Å². The van der Waals surface area contributed by atoms with Crippen LogP contribution in [0, 0.1) is 12.7 Å². The van der Waals surface area contributed by atoms with Crippen LogP contribution in [0.1, 0.15) is 28.4 Å². The molecule has 3 nitrogen and oxygen atoms in total. The van der Waals surface area contributed by atoms with Crippen molar-refractivity contribution in [3.8, 4) is 0 Å². The molecule has 0 N–H and O–H groups in total. The third-order valence-corrected chi connectivity index (χ3v) is 3.46. The molecule has 1 aromatic carbocycles. The lowest BCUT2D eigenvalue weighted by Gasteiger charge is -2.21. The number of benzene rings is 1. The Bertz CT molecular complexity index is 660. The van der Waals surface area contributed by atoms with Crippen molar-refractivity contribution in [2.75, 3.05) is 6.54 Å². The van der Waals surface area contributed by atoms with E-state index < -0.39 is 5.82 Å². The number of amides is 1. The van der Waals surface area contributed by atoms with Gasteiger partial charge in [0.25, 0.3) is 5.91 Å². The van der Waals surface area contributed by atoms with Gasteiger partial charge in [0.1, 0.15) is 11.0 Å². The molecule has 2 aromatic rings. The van der Waals surface area contributed by atoms with Gasteiger partial charge in [-0.15, -0.1) is 0 Å². The fraction of sp³-hybridized carbons (Fsp3) is 0.250. The summed E-state index contributed by atoms with van der Waals surface area (Å²) in [5.74, 6) is -0.898. The van der Waals surface area contributed by atoms with Crippen LogP contribution in [0.2, 0.25) is 5.15 Å². The smallest absolute Gasteiger partial charge is 0.257 e. The molecule has 1 aromatic heterocycles. The van der Waals surface area contributed by atoms with Crippen LogP contribution in [-0.4, -0.2) is 22.3 Å². The number of rotatable bonds is 4. The minimum Gasteiger partial charge on any atom is -0.335 e. The third-order valence-electron chi connectivity index (χ3n) is 3.16. The summed E-state index contributed by atoms with van der Waals surface area (Å²) in [7, 11) is 0. The molecule has 110 valence electrons. The number of halogens is 2. The van der Waals surface area contributed by atoms with Crippen molar-refractivity contribution in [3.05, 3.63) is 64.2 Å². The zero-order chi connectivity index (χ0) is 15.4. The summed E-state index contributed by atoms with van der Waals surface area (Å²) in [6, 6.07) is 9.03. The van der Waals surface area contributed by atoms with Crippen molar-refractivity contribution in [1.82, 2.24) is 9.88 Å². The van der Waals surface area contributed by atoms with E-state index in [2.05, 4.69) is 4.98 Å². The van der Waals surface area contributed by atoms with Gasteiger partial charge in [-0.25, -0.2) is 9.37 Å². The van der Waals surface area contributed by atoms with Crippen LogP contribution in [0.5, 0.6) is 0 Å². The first-order valence-corrected chi connectivity index (χ1v) is 7.05. The molecule has 0 atom stereocenters. The topological polar surface area (TPSA) is 33.2 Å². The number of aromatic nitrogens is 1. The zero-order valence-corrected chi connectivity index (χ0v) is 12.7. The van der Waals surface area contributed by atoms with E-state index in [0.717, 1.165) is 23.4 Å². The Morgan fingerprint density at radius 2 is 2.14 bits per heavy atom. The average Bonchev–Trinajstić information content (AvgIpc) is 2.46. The van der Waals surface area contributed by atoms with E-state index in [1.165, 1.54) is 0 Å². The molecule has 0 fully saturated rings. The normalized spacial score (nSPS) is 10.5. The minimum atomic E-state index is -0.575. The van der Waals surface area contributed by atoms with E-state index in [1.54, 1.807) is 4.90 Å². The second kappa shape index (κ2) is 6.68. The summed E-state index contributed by atoms with van der Waals surface area (Å²) in [4.78, 5) is 17.8. The van der Waals surface area contributed by atoms with Crippen LogP contribution < -0.4 is 0 Å². The van der Waals surface area contributed by atoms with Crippen molar-refractivity contribution in [2.45, 2.75) is 20.4 Å². The molecule has 0 bridgehead atoms. The number of aryl methyl sites for hydroxylation is 1. The SMILES string of the molecule is CCN(Cc1cccc(C)c1)C(=O)c1cc(F)cnc1Cl. The Morgan fingerprint density at radius 3 is 2.81 bits per heavy atom. The molecule has 0 saturated carbocycles. The van der Waals surface area contributed by atoms with Crippen LogP contribution in [0.15, 0.2) is 36.5 Å². The van der Waals surface area contributed by atoms with Gasteiger partial charge in [0, 0.05) is 13.1 Å². The monoisotopic (exact) mass is 306 g/mol. The number of hydrogen-bond acceptors (Lipinski definition) is 2. The summed E-state index contributed by atoms with van der Waals surface area (Å²) in [6.45, 7) is 4.81. The largest absolute Gasteiger partial charge is 0.335 e. The van der Waals surface area contributed by atoms with Crippen LogP contribution >= 0.6 is 11.6 Å². The molecule has 1 amide bonds. The van der Waals surface area contributed by atoms with E-state index in [-0.39, 0.29) is 16.6 Å². The highest BCUT2D eigenvalue weighted by molar-refractivity contribution is 6.32. The maximum Gasteiger partial charge on any atom is 0.257 e. The minimum absolute atomic E-state index is 0.0177. The Kier molecular flexibility index (Phi) is 4.91. The Labute approximate surface area is 128 Å². The lowest BCUT2D eigenvalue weighted by atomic mass is 10.1. The highest BCUT2D eigenvalue weighted by Gasteiger charge is 2.19. The van der Waals surface area contributed by atoms with E-state index in [4.69, 9.17) is 11.6 Å². The zero-order valence-electron chi connectivity index (χ0n) is 11.9. The lowest BCUT2D eigenvalue weighted by molar-refractivity contribution is 0.0752. The Hall–Kier alpha value is -1.94. The van der Waals surface area contributed by atoms with Gasteiger partial charge < -0.3 is 4.90 Å². The fourth-order valence-electron chi connectivity index (χ4n) is 2.10. The maximum atomic E-state index is 13.3. The molecule has 0 spiro atoms. The first-order valence-electron chi connectivity index (χ1n) is 6.67. The van der Waals surface area contributed by atoms with Crippen molar-refractivity contribution < 1.29 is 9.18 Å². The van der Waals surface area contributed by atoms with Gasteiger partial charge in [0.15, 0.2) is 0 Å². The first kappa shape index (κ1) is 15.4. The molecule has 0 aliphatic rings. The first-order chi connectivity index (χ1) is 10.0. The van der Waals surface area contributed by atoms with Crippen LogP contribution in [0.25, 0.3) is 0 Å². The van der Waals surface area contributed by atoms with Gasteiger partial charge in [-0.05, 0) is 25.5 Å². The van der Waals surface area contributed by atoms with E-state index in [9.17, 15) is 9.18 Å². The van der Waals surface area contributed by atoms with Crippen LogP contribution in [0.3, 0.4) is 0 Å². The van der Waals surface area contributed by atoms with Crippen LogP contribution in [-0.2, 0) is 6.54 Å². The quantitative estimate of drug-likeness (QED) is 0.804. The van der Waals surface area contributed by atoms with E-state index >= 15 is 0 Å². The molecule has 0 saturated heterocycles. The second-order valence-electron chi connectivity index (χ2n) is 4.80. The Morgan fingerprint density at radius 1 is 1.38 bits per heavy atom. The third kappa shape index (κ3) is 3.79. The molecular weight excluding hydrogens is 291 g/mol. The van der Waals surface area contributed by atoms with Gasteiger partial charge in [-0.1, -0.05) is 41.4 Å². The van der Waals surface area contributed by atoms with Crippen molar-refractivity contribution in [1.29, 1.82) is 0 Å². The predicted octanol–water partition coefficient (Wildman–Crippen LogP) is 3.84.